The molecule has 0 aromatic heterocycles. The van der Waals surface area contributed by atoms with Gasteiger partial charge in [-0.15, -0.1) is 0 Å². The Morgan fingerprint density at radius 3 is 2.50 bits per heavy atom. The van der Waals surface area contributed by atoms with E-state index in [1.807, 2.05) is 12.1 Å². The Morgan fingerprint density at radius 2 is 1.85 bits per heavy atom. The maximum Gasteiger partial charge on any atom is 0.119 e. The number of rotatable bonds is 6. The summed E-state index contributed by atoms with van der Waals surface area (Å²) in [6, 6.07) is 17.4. The van der Waals surface area contributed by atoms with E-state index in [1.165, 1.54) is 16.7 Å². The quantitative estimate of drug-likeness (QED) is 0.846. The molecule has 20 heavy (non-hydrogen) atoms. The molecule has 0 heterocycles. The van der Waals surface area contributed by atoms with E-state index in [0.29, 0.717) is 6.04 Å². The predicted molar refractivity (Wildman–Crippen MR) is 84.0 cm³/mol. The third-order valence-electron chi connectivity index (χ3n) is 3.57. The zero-order valence-corrected chi connectivity index (χ0v) is 12.5. The number of hydrogen-bond donors (Lipinski definition) is 1. The molecule has 106 valence electrons. The van der Waals surface area contributed by atoms with Gasteiger partial charge in [0.05, 0.1) is 7.11 Å². The van der Waals surface area contributed by atoms with E-state index in [2.05, 4.69) is 55.6 Å². The van der Waals surface area contributed by atoms with Gasteiger partial charge in [0, 0.05) is 12.6 Å². The molecule has 1 atom stereocenters. The minimum absolute atomic E-state index is 0.391. The lowest BCUT2D eigenvalue weighted by molar-refractivity contribution is 0.413. The third-order valence-corrected chi connectivity index (χ3v) is 3.57. The number of ether oxygens (including phenoxy) is 1. The van der Waals surface area contributed by atoms with Crippen LogP contribution in [0, 0.1) is 6.92 Å². The Bertz CT molecular complexity index is 533. The first-order chi connectivity index (χ1) is 9.72. The molecule has 0 saturated carbocycles. The summed E-state index contributed by atoms with van der Waals surface area (Å²) < 4.78 is 5.26. The van der Waals surface area contributed by atoms with Crippen molar-refractivity contribution in [3.63, 3.8) is 0 Å². The first-order valence-corrected chi connectivity index (χ1v) is 7.15. The zero-order chi connectivity index (χ0) is 14.4. The minimum Gasteiger partial charge on any atom is -0.497 e. The molecule has 0 bridgehead atoms. The normalized spacial score (nSPS) is 12.2. The third kappa shape index (κ3) is 3.84. The van der Waals surface area contributed by atoms with E-state index in [9.17, 15) is 0 Å². The van der Waals surface area contributed by atoms with Crippen molar-refractivity contribution in [2.24, 2.45) is 0 Å². The van der Waals surface area contributed by atoms with Gasteiger partial charge in [0.1, 0.15) is 5.75 Å². The van der Waals surface area contributed by atoms with E-state index in [0.717, 1.165) is 18.7 Å². The Labute approximate surface area is 121 Å². The van der Waals surface area contributed by atoms with E-state index in [4.69, 9.17) is 4.74 Å². The Balaban J connectivity index is 2.01. The molecule has 2 aromatic rings. The van der Waals surface area contributed by atoms with Crippen LogP contribution in [0.2, 0.25) is 0 Å². The van der Waals surface area contributed by atoms with Crippen molar-refractivity contribution in [3.05, 3.63) is 65.2 Å². The maximum atomic E-state index is 5.26. The van der Waals surface area contributed by atoms with Gasteiger partial charge in [-0.25, -0.2) is 0 Å². The topological polar surface area (TPSA) is 21.3 Å². The van der Waals surface area contributed by atoms with Crippen LogP contribution in [0.15, 0.2) is 48.5 Å². The van der Waals surface area contributed by atoms with Crippen LogP contribution in [0.25, 0.3) is 0 Å². The molecule has 0 amide bonds. The highest BCUT2D eigenvalue weighted by Gasteiger charge is 2.08. The second kappa shape index (κ2) is 7.11. The molecular formula is C18H23NO. The average molecular weight is 269 g/mol. The van der Waals surface area contributed by atoms with Gasteiger partial charge in [0.2, 0.25) is 0 Å². The van der Waals surface area contributed by atoms with Crippen LogP contribution in [0.4, 0.5) is 0 Å². The molecular weight excluding hydrogens is 246 g/mol. The van der Waals surface area contributed by atoms with Gasteiger partial charge in [-0.1, -0.05) is 48.9 Å². The highest BCUT2D eigenvalue weighted by Crippen LogP contribution is 2.19. The number of hydrogen-bond acceptors (Lipinski definition) is 2. The number of aryl methyl sites for hydroxylation is 1. The summed E-state index contributed by atoms with van der Waals surface area (Å²) in [5.74, 6) is 0.910. The van der Waals surface area contributed by atoms with Crippen molar-refractivity contribution in [2.75, 3.05) is 7.11 Å². The zero-order valence-electron chi connectivity index (χ0n) is 12.5. The van der Waals surface area contributed by atoms with Crippen LogP contribution >= 0.6 is 0 Å². The van der Waals surface area contributed by atoms with Crippen LogP contribution in [0.5, 0.6) is 5.75 Å². The van der Waals surface area contributed by atoms with Gasteiger partial charge >= 0.3 is 0 Å². The van der Waals surface area contributed by atoms with Crippen LogP contribution in [0.1, 0.15) is 36.1 Å². The molecule has 0 aliphatic carbocycles. The van der Waals surface area contributed by atoms with Crippen LogP contribution in [-0.2, 0) is 6.54 Å². The lowest BCUT2D eigenvalue weighted by Gasteiger charge is -2.18. The molecule has 2 aromatic carbocycles. The smallest absolute Gasteiger partial charge is 0.119 e. The summed E-state index contributed by atoms with van der Waals surface area (Å²) in [6.45, 7) is 5.18. The van der Waals surface area contributed by atoms with Crippen molar-refractivity contribution >= 4 is 0 Å². The Morgan fingerprint density at radius 1 is 1.10 bits per heavy atom. The summed E-state index contributed by atoms with van der Waals surface area (Å²) in [5.41, 5.74) is 3.90. The maximum absolute atomic E-state index is 5.26. The first kappa shape index (κ1) is 14.6. The monoisotopic (exact) mass is 269 g/mol. The largest absolute Gasteiger partial charge is 0.497 e. The molecule has 0 saturated heterocycles. The van der Waals surface area contributed by atoms with Gasteiger partial charge in [0.15, 0.2) is 0 Å². The van der Waals surface area contributed by atoms with Crippen molar-refractivity contribution in [1.82, 2.24) is 5.32 Å². The summed E-state index contributed by atoms with van der Waals surface area (Å²) >= 11 is 0. The molecule has 0 fully saturated rings. The Kier molecular flexibility index (Phi) is 5.19. The van der Waals surface area contributed by atoms with Crippen molar-refractivity contribution in [2.45, 2.75) is 32.9 Å². The van der Waals surface area contributed by atoms with Gasteiger partial charge in [0.25, 0.3) is 0 Å². The Hall–Kier alpha value is -1.80. The van der Waals surface area contributed by atoms with Crippen LogP contribution in [0.3, 0.4) is 0 Å². The number of nitrogens with one attached hydrogen (secondary N) is 1. The summed E-state index contributed by atoms with van der Waals surface area (Å²) in [6.07, 6.45) is 1.08. The first-order valence-electron chi connectivity index (χ1n) is 7.15. The second-order valence-electron chi connectivity index (χ2n) is 5.10. The van der Waals surface area contributed by atoms with Crippen LogP contribution in [-0.4, -0.2) is 7.11 Å². The SMILES string of the molecule is CCC(NCc1cccc(OC)c1)c1ccc(C)cc1. The standard InChI is InChI=1S/C18H23NO/c1-4-18(16-10-8-14(2)9-11-16)19-13-15-6-5-7-17(12-15)20-3/h5-12,18-19H,4,13H2,1-3H3. The summed E-state index contributed by atoms with van der Waals surface area (Å²) in [4.78, 5) is 0. The fourth-order valence-corrected chi connectivity index (χ4v) is 2.32. The van der Waals surface area contributed by atoms with Crippen molar-refractivity contribution in [3.8, 4) is 5.75 Å². The number of methoxy groups -OCH3 is 1. The van der Waals surface area contributed by atoms with E-state index in [1.54, 1.807) is 7.11 Å². The highest BCUT2D eigenvalue weighted by atomic mass is 16.5. The molecule has 2 nitrogen and oxygen atoms in total. The molecule has 1 unspecified atom stereocenters. The average Bonchev–Trinajstić information content (AvgIpc) is 2.50. The summed E-state index contributed by atoms with van der Waals surface area (Å²) in [7, 11) is 1.70. The van der Waals surface area contributed by atoms with Crippen LogP contribution < -0.4 is 10.1 Å². The fraction of sp³-hybridized carbons (Fsp3) is 0.333. The number of benzene rings is 2. The minimum atomic E-state index is 0.391. The van der Waals surface area contributed by atoms with Gasteiger partial charge in [-0.05, 0) is 36.6 Å². The molecule has 0 aliphatic heterocycles. The van der Waals surface area contributed by atoms with Gasteiger partial charge in [-0.3, -0.25) is 0 Å². The van der Waals surface area contributed by atoms with E-state index < -0.39 is 0 Å². The molecule has 2 rings (SSSR count). The highest BCUT2D eigenvalue weighted by molar-refractivity contribution is 5.29. The van der Waals surface area contributed by atoms with Gasteiger partial charge in [-0.2, -0.15) is 0 Å². The van der Waals surface area contributed by atoms with E-state index >= 15 is 0 Å². The lowest BCUT2D eigenvalue weighted by Crippen LogP contribution is -2.20. The fourth-order valence-electron chi connectivity index (χ4n) is 2.32. The summed E-state index contributed by atoms with van der Waals surface area (Å²) in [5, 5.41) is 3.62. The van der Waals surface area contributed by atoms with E-state index in [-0.39, 0.29) is 0 Å². The molecule has 1 N–H and O–H groups in total. The van der Waals surface area contributed by atoms with Gasteiger partial charge < -0.3 is 10.1 Å². The van der Waals surface area contributed by atoms with Crippen molar-refractivity contribution < 1.29 is 4.74 Å². The molecule has 0 spiro atoms. The second-order valence-corrected chi connectivity index (χ2v) is 5.10. The predicted octanol–water partition coefficient (Wildman–Crippen LogP) is 4.24. The molecule has 0 aliphatic rings. The lowest BCUT2D eigenvalue weighted by atomic mass is 10.0. The molecule has 0 radical (unpaired) electrons. The molecule has 2 heteroatoms. The van der Waals surface area contributed by atoms with Crippen molar-refractivity contribution in [1.29, 1.82) is 0 Å².